The molecule has 0 aromatic carbocycles. The van der Waals surface area contributed by atoms with Crippen molar-refractivity contribution in [3.05, 3.63) is 0 Å². The smallest absolute Gasteiger partial charge is 0.237 e. The van der Waals surface area contributed by atoms with Crippen LogP contribution in [0.15, 0.2) is 0 Å². The summed E-state index contributed by atoms with van der Waals surface area (Å²) in [6.07, 6.45) is 7.31. The lowest BCUT2D eigenvalue weighted by Gasteiger charge is -2.24. The van der Waals surface area contributed by atoms with Gasteiger partial charge >= 0.3 is 0 Å². The number of amides is 1. The number of hydrogen-bond acceptors (Lipinski definition) is 4. The van der Waals surface area contributed by atoms with E-state index in [9.17, 15) is 4.79 Å². The molecule has 5 nitrogen and oxygen atoms in total. The zero-order valence-corrected chi connectivity index (χ0v) is 13.0. The minimum absolute atomic E-state index is 0.00429. The molecule has 0 radical (unpaired) electrons. The molecule has 0 aromatic heterocycles. The van der Waals surface area contributed by atoms with Gasteiger partial charge in [-0.1, -0.05) is 12.8 Å². The zero-order valence-electron chi connectivity index (χ0n) is 13.0. The van der Waals surface area contributed by atoms with Crippen molar-refractivity contribution in [2.24, 2.45) is 5.92 Å². The lowest BCUT2D eigenvalue weighted by molar-refractivity contribution is -0.124. The first-order chi connectivity index (χ1) is 10.2. The van der Waals surface area contributed by atoms with E-state index in [1.165, 1.54) is 25.7 Å². The van der Waals surface area contributed by atoms with Gasteiger partial charge in [-0.05, 0) is 38.5 Å². The van der Waals surface area contributed by atoms with E-state index in [0.29, 0.717) is 25.2 Å². The standard InChI is InChI=1S/C16H28N2O3/c1-11(9-21-13-6-7-20-10-13)17-16(19)15-8-12-4-2-3-5-14(12)18-15/h11-15,18H,2-10H2,1H3,(H,17,19). The van der Waals surface area contributed by atoms with Crippen LogP contribution in [0.1, 0.15) is 45.4 Å². The van der Waals surface area contributed by atoms with Crippen LogP contribution in [0.5, 0.6) is 0 Å². The Hall–Kier alpha value is -0.650. The summed E-state index contributed by atoms with van der Waals surface area (Å²) in [6.45, 7) is 4.06. The van der Waals surface area contributed by atoms with Gasteiger partial charge in [0.2, 0.25) is 5.91 Å². The van der Waals surface area contributed by atoms with E-state index in [2.05, 4.69) is 10.6 Å². The van der Waals surface area contributed by atoms with Gasteiger partial charge < -0.3 is 20.1 Å². The summed E-state index contributed by atoms with van der Waals surface area (Å²) in [5.74, 6) is 0.847. The minimum atomic E-state index is -0.00429. The van der Waals surface area contributed by atoms with Gasteiger partial charge in [0.1, 0.15) is 0 Å². The van der Waals surface area contributed by atoms with E-state index >= 15 is 0 Å². The molecule has 2 N–H and O–H groups in total. The number of carbonyl (C=O) groups is 1. The Morgan fingerprint density at radius 1 is 1.38 bits per heavy atom. The topological polar surface area (TPSA) is 59.6 Å². The fraction of sp³-hybridized carbons (Fsp3) is 0.938. The van der Waals surface area contributed by atoms with E-state index in [0.717, 1.165) is 19.4 Å². The maximum absolute atomic E-state index is 12.3. The summed E-state index contributed by atoms with van der Waals surface area (Å²) in [5, 5.41) is 6.61. The molecule has 3 aliphatic rings. The lowest BCUT2D eigenvalue weighted by Crippen LogP contribution is -2.47. The Morgan fingerprint density at radius 2 is 2.24 bits per heavy atom. The van der Waals surface area contributed by atoms with Gasteiger partial charge in [0.25, 0.3) is 0 Å². The molecular weight excluding hydrogens is 268 g/mol. The molecule has 2 saturated heterocycles. The van der Waals surface area contributed by atoms with Crippen LogP contribution >= 0.6 is 0 Å². The summed E-state index contributed by atoms with van der Waals surface area (Å²) >= 11 is 0. The number of fused-ring (bicyclic) bond motifs is 1. The highest BCUT2D eigenvalue weighted by Crippen LogP contribution is 2.33. The molecule has 2 aliphatic heterocycles. The SMILES string of the molecule is CC(COC1CCOC1)NC(=O)C1CC2CCCCC2N1. The third kappa shape index (κ3) is 3.96. The van der Waals surface area contributed by atoms with Crippen molar-refractivity contribution in [3.8, 4) is 0 Å². The van der Waals surface area contributed by atoms with Crippen molar-refractivity contribution in [1.82, 2.24) is 10.6 Å². The van der Waals surface area contributed by atoms with Gasteiger partial charge in [0, 0.05) is 18.7 Å². The van der Waals surface area contributed by atoms with Crippen molar-refractivity contribution in [3.63, 3.8) is 0 Å². The number of rotatable bonds is 5. The van der Waals surface area contributed by atoms with Gasteiger partial charge in [0.05, 0.1) is 25.4 Å². The highest BCUT2D eigenvalue weighted by atomic mass is 16.5. The predicted molar refractivity (Wildman–Crippen MR) is 80.1 cm³/mol. The fourth-order valence-electron chi connectivity index (χ4n) is 3.83. The average molecular weight is 296 g/mol. The first kappa shape index (κ1) is 15.3. The molecule has 5 heteroatoms. The molecule has 2 heterocycles. The molecule has 0 aromatic rings. The van der Waals surface area contributed by atoms with E-state index < -0.39 is 0 Å². The van der Waals surface area contributed by atoms with Crippen molar-refractivity contribution < 1.29 is 14.3 Å². The summed E-state index contributed by atoms with van der Waals surface area (Å²) < 4.78 is 11.0. The lowest BCUT2D eigenvalue weighted by atomic mass is 9.85. The average Bonchev–Trinajstić information content (AvgIpc) is 3.14. The highest BCUT2D eigenvalue weighted by molar-refractivity contribution is 5.82. The van der Waals surface area contributed by atoms with Crippen molar-refractivity contribution in [2.45, 2.75) is 69.7 Å². The third-order valence-corrected chi connectivity index (χ3v) is 5.04. The van der Waals surface area contributed by atoms with Crippen LogP contribution in [-0.2, 0) is 14.3 Å². The number of carbonyl (C=O) groups excluding carboxylic acids is 1. The van der Waals surface area contributed by atoms with Gasteiger partial charge in [-0.2, -0.15) is 0 Å². The molecule has 21 heavy (non-hydrogen) atoms. The van der Waals surface area contributed by atoms with Crippen LogP contribution in [0, 0.1) is 5.92 Å². The third-order valence-electron chi connectivity index (χ3n) is 5.04. The number of hydrogen-bond donors (Lipinski definition) is 2. The summed E-state index contributed by atoms with van der Waals surface area (Å²) in [4.78, 5) is 12.3. The number of nitrogens with one attached hydrogen (secondary N) is 2. The van der Waals surface area contributed by atoms with Crippen molar-refractivity contribution in [2.75, 3.05) is 19.8 Å². The maximum atomic E-state index is 12.3. The molecule has 1 aliphatic carbocycles. The van der Waals surface area contributed by atoms with Crippen molar-refractivity contribution in [1.29, 1.82) is 0 Å². The molecule has 1 saturated carbocycles. The molecule has 0 spiro atoms. The first-order valence-electron chi connectivity index (χ1n) is 8.48. The van der Waals surface area contributed by atoms with Crippen LogP contribution in [0.25, 0.3) is 0 Å². The van der Waals surface area contributed by atoms with E-state index in [-0.39, 0.29) is 24.1 Å². The second kappa shape index (κ2) is 7.07. The van der Waals surface area contributed by atoms with Crippen LogP contribution in [0.2, 0.25) is 0 Å². The molecule has 1 amide bonds. The molecular formula is C16H28N2O3. The largest absolute Gasteiger partial charge is 0.379 e. The second-order valence-electron chi connectivity index (χ2n) is 6.83. The molecule has 3 fully saturated rings. The Kier molecular flexibility index (Phi) is 5.14. The number of ether oxygens (including phenoxy) is 2. The molecule has 120 valence electrons. The van der Waals surface area contributed by atoms with Crippen LogP contribution in [0.4, 0.5) is 0 Å². The van der Waals surface area contributed by atoms with E-state index in [4.69, 9.17) is 9.47 Å². The van der Waals surface area contributed by atoms with E-state index in [1.807, 2.05) is 6.92 Å². The monoisotopic (exact) mass is 296 g/mol. The predicted octanol–water partition coefficient (Wildman–Crippen LogP) is 1.22. The zero-order chi connectivity index (χ0) is 14.7. The fourth-order valence-corrected chi connectivity index (χ4v) is 3.83. The Bertz CT molecular complexity index is 343. The second-order valence-corrected chi connectivity index (χ2v) is 6.83. The summed E-state index contributed by atoms with van der Waals surface area (Å²) in [6, 6.07) is 0.620. The van der Waals surface area contributed by atoms with Crippen molar-refractivity contribution >= 4 is 5.91 Å². The Morgan fingerprint density at radius 3 is 3.00 bits per heavy atom. The quantitative estimate of drug-likeness (QED) is 0.801. The van der Waals surface area contributed by atoms with Gasteiger partial charge in [-0.3, -0.25) is 4.79 Å². The van der Waals surface area contributed by atoms with Gasteiger partial charge in [-0.25, -0.2) is 0 Å². The van der Waals surface area contributed by atoms with Gasteiger partial charge in [-0.15, -0.1) is 0 Å². The normalized spacial score (nSPS) is 37.2. The Balaban J connectivity index is 1.39. The minimum Gasteiger partial charge on any atom is -0.379 e. The van der Waals surface area contributed by atoms with Crippen LogP contribution in [0.3, 0.4) is 0 Å². The molecule has 5 unspecified atom stereocenters. The summed E-state index contributed by atoms with van der Waals surface area (Å²) in [7, 11) is 0. The molecule has 0 bridgehead atoms. The highest BCUT2D eigenvalue weighted by Gasteiger charge is 2.38. The van der Waals surface area contributed by atoms with E-state index in [1.54, 1.807) is 0 Å². The summed E-state index contributed by atoms with van der Waals surface area (Å²) in [5.41, 5.74) is 0. The molecule has 3 rings (SSSR count). The Labute approximate surface area is 127 Å². The van der Waals surface area contributed by atoms with Gasteiger partial charge in [0.15, 0.2) is 0 Å². The maximum Gasteiger partial charge on any atom is 0.237 e. The first-order valence-corrected chi connectivity index (χ1v) is 8.48. The molecule has 5 atom stereocenters. The van der Waals surface area contributed by atoms with Crippen LogP contribution in [-0.4, -0.2) is 50.0 Å². The van der Waals surface area contributed by atoms with Crippen LogP contribution < -0.4 is 10.6 Å².